The van der Waals surface area contributed by atoms with E-state index >= 15 is 0 Å². The Kier molecular flexibility index (Phi) is 4.57. The van der Waals surface area contributed by atoms with Gasteiger partial charge in [-0.25, -0.2) is 0 Å². The van der Waals surface area contributed by atoms with E-state index in [1.165, 1.54) is 0 Å². The number of rotatable bonds is 2. The van der Waals surface area contributed by atoms with Crippen LogP contribution in [-0.2, 0) is 0 Å². The van der Waals surface area contributed by atoms with Gasteiger partial charge in [-0.1, -0.05) is 60.7 Å². The third kappa shape index (κ3) is 2.83. The number of benzene rings is 5. The van der Waals surface area contributed by atoms with Gasteiger partial charge in [0.15, 0.2) is 0 Å². The summed E-state index contributed by atoms with van der Waals surface area (Å²) < 4.78 is 4.29. The molecule has 38 heavy (non-hydrogen) atoms. The zero-order chi connectivity index (χ0) is 25.8. The summed E-state index contributed by atoms with van der Waals surface area (Å²) in [6.45, 7) is 0. The van der Waals surface area contributed by atoms with Crippen molar-refractivity contribution >= 4 is 43.6 Å². The monoisotopic (exact) mass is 483 g/mol. The van der Waals surface area contributed by atoms with E-state index in [4.69, 9.17) is 0 Å². The highest BCUT2D eigenvalue weighted by molar-refractivity contribution is 6.26. The summed E-state index contributed by atoms with van der Waals surface area (Å²) in [4.78, 5) is 0. The first-order chi connectivity index (χ1) is 18.7. The van der Waals surface area contributed by atoms with Crippen LogP contribution in [-0.4, -0.2) is 9.13 Å². The molecule has 5 nitrogen and oxygen atoms in total. The molecule has 0 saturated heterocycles. The molecule has 0 saturated carbocycles. The number of aromatic nitrogens is 2. The minimum atomic E-state index is 0.284. The topological polar surface area (TPSA) is 81.2 Å². The maximum absolute atomic E-state index is 10.1. The van der Waals surface area contributed by atoms with Crippen LogP contribution >= 0.6 is 0 Å². The largest absolute Gasteiger partial charge is 0.309 e. The molecule has 0 aliphatic rings. The first-order valence-electron chi connectivity index (χ1n) is 12.1. The molecular weight excluding hydrogens is 466 g/mol. The van der Waals surface area contributed by atoms with Gasteiger partial charge in [-0.15, -0.1) is 0 Å². The molecule has 174 valence electrons. The Bertz CT molecular complexity index is 2180. The van der Waals surface area contributed by atoms with Gasteiger partial charge in [0.25, 0.3) is 0 Å². The molecule has 2 aromatic heterocycles. The molecule has 7 aromatic rings. The van der Waals surface area contributed by atoms with Crippen molar-refractivity contribution in [2.75, 3.05) is 0 Å². The van der Waals surface area contributed by atoms with Crippen LogP contribution in [0.2, 0.25) is 0 Å². The molecule has 5 heteroatoms. The lowest BCUT2D eigenvalue weighted by Gasteiger charge is -2.13. The summed E-state index contributed by atoms with van der Waals surface area (Å²) in [6, 6.07) is 40.6. The fourth-order valence-corrected chi connectivity index (χ4v) is 5.71. The van der Waals surface area contributed by atoms with E-state index < -0.39 is 0 Å². The van der Waals surface area contributed by atoms with Crippen molar-refractivity contribution in [3.8, 4) is 29.6 Å². The Balaban J connectivity index is 1.75. The molecule has 0 bridgehead atoms. The van der Waals surface area contributed by atoms with Gasteiger partial charge < -0.3 is 9.13 Å². The molecule has 0 spiro atoms. The lowest BCUT2D eigenvalue weighted by Crippen LogP contribution is -2.02. The summed E-state index contributed by atoms with van der Waals surface area (Å²) in [5.41, 5.74) is 6.34. The normalized spacial score (nSPS) is 11.1. The molecule has 5 aromatic carbocycles. The molecule has 0 unspecified atom stereocenters. The summed E-state index contributed by atoms with van der Waals surface area (Å²) >= 11 is 0. The molecule has 0 radical (unpaired) electrons. The summed E-state index contributed by atoms with van der Waals surface area (Å²) in [6.07, 6.45) is 0. The van der Waals surface area contributed by atoms with Crippen molar-refractivity contribution in [2.24, 2.45) is 0 Å². The lowest BCUT2D eigenvalue weighted by atomic mass is 10.0. The first-order valence-corrected chi connectivity index (χ1v) is 12.1. The highest BCUT2D eigenvalue weighted by Crippen LogP contribution is 2.42. The fraction of sp³-hybridized carbons (Fsp3) is 0. The SMILES string of the molecule is N#Cc1cc(C#N)c(-n2c3ccccc3c3c2ccc2c4ccccc4n(-c4ccccc4)c23)c(C#N)c1. The maximum Gasteiger partial charge on any atom is 0.101 e. The molecule has 0 aliphatic carbocycles. The van der Waals surface area contributed by atoms with Crippen LogP contribution in [0, 0.1) is 34.0 Å². The van der Waals surface area contributed by atoms with E-state index in [0.29, 0.717) is 5.69 Å². The van der Waals surface area contributed by atoms with Gasteiger partial charge in [0.1, 0.15) is 12.1 Å². The zero-order valence-corrected chi connectivity index (χ0v) is 20.1. The second kappa shape index (κ2) is 8.10. The highest BCUT2D eigenvalue weighted by Gasteiger charge is 2.23. The van der Waals surface area contributed by atoms with Crippen LogP contribution in [0.5, 0.6) is 0 Å². The smallest absolute Gasteiger partial charge is 0.101 e. The van der Waals surface area contributed by atoms with Crippen LogP contribution in [0.4, 0.5) is 0 Å². The highest BCUT2D eigenvalue weighted by atomic mass is 15.0. The van der Waals surface area contributed by atoms with Gasteiger partial charge >= 0.3 is 0 Å². The molecular formula is C33H17N5. The Hall–Kier alpha value is -5.83. The number of nitriles is 3. The van der Waals surface area contributed by atoms with Gasteiger partial charge in [0.05, 0.1) is 50.5 Å². The van der Waals surface area contributed by atoms with Crippen molar-refractivity contribution in [1.29, 1.82) is 15.8 Å². The van der Waals surface area contributed by atoms with Crippen LogP contribution in [0.3, 0.4) is 0 Å². The van der Waals surface area contributed by atoms with Crippen molar-refractivity contribution in [3.63, 3.8) is 0 Å². The van der Waals surface area contributed by atoms with Gasteiger partial charge in [-0.2, -0.15) is 15.8 Å². The Morgan fingerprint density at radius 3 is 1.76 bits per heavy atom. The first kappa shape index (κ1) is 21.5. The minimum absolute atomic E-state index is 0.284. The third-order valence-corrected chi connectivity index (χ3v) is 7.19. The molecule has 7 rings (SSSR count). The van der Waals surface area contributed by atoms with Crippen molar-refractivity contribution < 1.29 is 0 Å². The number of para-hydroxylation sites is 3. The molecule has 0 aliphatic heterocycles. The van der Waals surface area contributed by atoms with Crippen LogP contribution in [0.1, 0.15) is 16.7 Å². The van der Waals surface area contributed by atoms with E-state index in [0.717, 1.165) is 49.3 Å². The average Bonchev–Trinajstić information content (AvgIpc) is 3.49. The van der Waals surface area contributed by atoms with E-state index in [-0.39, 0.29) is 16.7 Å². The predicted octanol–water partition coefficient (Wildman–Crippen LogP) is 7.50. The second-order valence-electron chi connectivity index (χ2n) is 9.15. The summed E-state index contributed by atoms with van der Waals surface area (Å²) in [7, 11) is 0. The number of nitrogens with zero attached hydrogens (tertiary/aromatic N) is 5. The number of fused-ring (bicyclic) bond motifs is 7. The molecule has 0 amide bonds. The summed E-state index contributed by atoms with van der Waals surface area (Å²) in [5.74, 6) is 0. The minimum Gasteiger partial charge on any atom is -0.309 e. The number of hydrogen-bond donors (Lipinski definition) is 0. The third-order valence-electron chi connectivity index (χ3n) is 7.19. The Morgan fingerprint density at radius 2 is 1.11 bits per heavy atom. The number of hydrogen-bond acceptors (Lipinski definition) is 3. The molecule has 0 atom stereocenters. The Morgan fingerprint density at radius 1 is 0.500 bits per heavy atom. The predicted molar refractivity (Wildman–Crippen MR) is 149 cm³/mol. The van der Waals surface area contributed by atoms with E-state index in [1.807, 2.05) is 41.0 Å². The summed E-state index contributed by atoms with van der Waals surface area (Å²) in [5, 5.41) is 34.0. The van der Waals surface area contributed by atoms with E-state index in [1.54, 1.807) is 12.1 Å². The zero-order valence-electron chi connectivity index (χ0n) is 20.1. The molecule has 0 N–H and O–H groups in total. The van der Waals surface area contributed by atoms with E-state index in [2.05, 4.69) is 77.4 Å². The molecule has 0 fully saturated rings. The second-order valence-corrected chi connectivity index (χ2v) is 9.15. The van der Waals surface area contributed by atoms with Gasteiger partial charge in [0.2, 0.25) is 0 Å². The van der Waals surface area contributed by atoms with E-state index in [9.17, 15) is 15.8 Å². The Labute approximate surface area is 217 Å². The van der Waals surface area contributed by atoms with Crippen molar-refractivity contribution in [3.05, 3.63) is 120 Å². The van der Waals surface area contributed by atoms with Gasteiger partial charge in [0, 0.05) is 27.2 Å². The van der Waals surface area contributed by atoms with Gasteiger partial charge in [-0.05, 0) is 42.5 Å². The van der Waals surface area contributed by atoms with Crippen LogP contribution in [0.25, 0.3) is 55.0 Å². The van der Waals surface area contributed by atoms with Crippen molar-refractivity contribution in [1.82, 2.24) is 9.13 Å². The van der Waals surface area contributed by atoms with Gasteiger partial charge in [-0.3, -0.25) is 0 Å². The average molecular weight is 484 g/mol. The lowest BCUT2D eigenvalue weighted by molar-refractivity contribution is 1.15. The quantitative estimate of drug-likeness (QED) is 0.255. The molecule has 2 heterocycles. The fourth-order valence-electron chi connectivity index (χ4n) is 5.71. The standard InChI is InChI=1S/C33H17N5/c34-18-21-16-22(19-35)32(23(17-21)20-36)38-29-13-7-5-11-27(29)31-30(38)15-14-26-25-10-4-6-12-28(25)37(33(26)31)24-8-2-1-3-9-24/h1-17H. The maximum atomic E-state index is 10.1. The van der Waals surface area contributed by atoms with Crippen molar-refractivity contribution in [2.45, 2.75) is 0 Å². The van der Waals surface area contributed by atoms with Crippen LogP contribution in [0.15, 0.2) is 103 Å². The van der Waals surface area contributed by atoms with Crippen LogP contribution < -0.4 is 0 Å².